The highest BCUT2D eigenvalue weighted by molar-refractivity contribution is 6.04. The number of fused-ring (bicyclic) bond motifs is 1. The zero-order chi connectivity index (χ0) is 20.9. The summed E-state index contributed by atoms with van der Waals surface area (Å²) < 4.78 is 5.20. The summed E-state index contributed by atoms with van der Waals surface area (Å²) in [4.78, 5) is 30.8. The predicted molar refractivity (Wildman–Crippen MR) is 115 cm³/mol. The molecule has 0 unspecified atom stereocenters. The Bertz CT molecular complexity index is 1070. The molecule has 1 aliphatic rings. The van der Waals surface area contributed by atoms with E-state index in [0.29, 0.717) is 35.8 Å². The van der Waals surface area contributed by atoms with Crippen LogP contribution < -0.4 is 15.4 Å². The third kappa shape index (κ3) is 4.41. The van der Waals surface area contributed by atoms with Crippen molar-refractivity contribution < 1.29 is 14.3 Å². The largest absolute Gasteiger partial charge is 0.497 e. The molecule has 0 saturated heterocycles. The lowest BCUT2D eigenvalue weighted by molar-refractivity contribution is 0.102. The number of ether oxygens (including phenoxy) is 1. The second-order valence-corrected chi connectivity index (χ2v) is 7.01. The predicted octanol–water partition coefficient (Wildman–Crippen LogP) is 3.93. The Balaban J connectivity index is 1.44. The second kappa shape index (κ2) is 8.65. The lowest BCUT2D eigenvalue weighted by Gasteiger charge is -2.29. The van der Waals surface area contributed by atoms with Gasteiger partial charge in [-0.15, -0.1) is 0 Å². The van der Waals surface area contributed by atoms with E-state index in [4.69, 9.17) is 4.74 Å². The van der Waals surface area contributed by atoms with Crippen LogP contribution in [0.25, 0.3) is 0 Å². The van der Waals surface area contributed by atoms with Crippen LogP contribution in [0.15, 0.2) is 67.0 Å². The molecule has 0 spiro atoms. The highest BCUT2D eigenvalue weighted by Gasteiger charge is 2.21. The molecule has 1 aliphatic heterocycles. The molecule has 0 radical (unpaired) electrons. The van der Waals surface area contributed by atoms with Crippen LogP contribution in [0.5, 0.6) is 5.75 Å². The van der Waals surface area contributed by atoms with Crippen molar-refractivity contribution >= 4 is 23.3 Å². The number of nitrogens with one attached hydrogen (secondary N) is 2. The fourth-order valence-corrected chi connectivity index (χ4v) is 3.42. The Morgan fingerprint density at radius 2 is 1.77 bits per heavy atom. The molecule has 2 aromatic carbocycles. The molecule has 0 saturated carbocycles. The molecular formula is C23H22N4O3. The van der Waals surface area contributed by atoms with E-state index < -0.39 is 0 Å². The monoisotopic (exact) mass is 402 g/mol. The van der Waals surface area contributed by atoms with E-state index in [1.807, 2.05) is 36.4 Å². The molecule has 0 fully saturated rings. The van der Waals surface area contributed by atoms with Crippen molar-refractivity contribution in [3.05, 3.63) is 83.7 Å². The summed E-state index contributed by atoms with van der Waals surface area (Å²) in [5.41, 5.74) is 4.13. The molecule has 0 atom stereocenters. The minimum atomic E-state index is -0.194. The summed E-state index contributed by atoms with van der Waals surface area (Å²) in [6.07, 6.45) is 3.93. The molecule has 1 aromatic heterocycles. The first-order valence-electron chi connectivity index (χ1n) is 9.65. The first kappa shape index (κ1) is 19.4. The van der Waals surface area contributed by atoms with Gasteiger partial charge in [-0.25, -0.2) is 4.79 Å². The van der Waals surface area contributed by atoms with Crippen molar-refractivity contribution in [2.24, 2.45) is 0 Å². The number of carbonyl (C=O) groups is 2. The van der Waals surface area contributed by atoms with Crippen LogP contribution >= 0.6 is 0 Å². The van der Waals surface area contributed by atoms with E-state index in [1.54, 1.807) is 42.6 Å². The Morgan fingerprint density at radius 3 is 2.57 bits per heavy atom. The first-order chi connectivity index (χ1) is 14.6. The molecule has 2 heterocycles. The molecule has 3 aromatic rings. The maximum absolute atomic E-state index is 12.7. The number of anilines is 2. The number of rotatable bonds is 4. The maximum atomic E-state index is 12.7. The number of amides is 3. The number of nitrogens with zero attached hydrogens (tertiary/aromatic N) is 2. The summed E-state index contributed by atoms with van der Waals surface area (Å²) in [5, 5.41) is 5.82. The van der Waals surface area contributed by atoms with Crippen molar-refractivity contribution in [2.45, 2.75) is 13.0 Å². The number of urea groups is 1. The van der Waals surface area contributed by atoms with Crippen molar-refractivity contribution in [1.82, 2.24) is 9.88 Å². The van der Waals surface area contributed by atoms with Crippen LogP contribution in [0.4, 0.5) is 16.2 Å². The fraction of sp³-hybridized carbons (Fsp3) is 0.174. The van der Waals surface area contributed by atoms with Crippen LogP contribution in [0.2, 0.25) is 0 Å². The molecule has 7 heteroatoms. The molecule has 7 nitrogen and oxygen atoms in total. The number of aromatic nitrogens is 1. The van der Waals surface area contributed by atoms with Gasteiger partial charge in [0.1, 0.15) is 5.75 Å². The van der Waals surface area contributed by atoms with Crippen molar-refractivity contribution in [3.63, 3.8) is 0 Å². The van der Waals surface area contributed by atoms with Crippen molar-refractivity contribution in [3.8, 4) is 5.75 Å². The summed E-state index contributed by atoms with van der Waals surface area (Å²) in [5.74, 6) is 0.493. The lowest BCUT2D eigenvalue weighted by atomic mass is 9.99. The normalized spacial score (nSPS) is 12.6. The lowest BCUT2D eigenvalue weighted by Crippen LogP contribution is -2.38. The third-order valence-electron chi connectivity index (χ3n) is 5.03. The number of hydrogen-bond donors (Lipinski definition) is 2. The Labute approximate surface area is 174 Å². The van der Waals surface area contributed by atoms with Gasteiger partial charge in [0.2, 0.25) is 0 Å². The Kier molecular flexibility index (Phi) is 5.61. The Morgan fingerprint density at radius 1 is 0.967 bits per heavy atom. The average Bonchev–Trinajstić information content (AvgIpc) is 2.79. The molecular weight excluding hydrogens is 380 g/mol. The molecule has 0 bridgehead atoms. The fourth-order valence-electron chi connectivity index (χ4n) is 3.42. The third-order valence-corrected chi connectivity index (χ3v) is 5.03. The highest BCUT2D eigenvalue weighted by atomic mass is 16.5. The Hall–Kier alpha value is -3.87. The molecule has 4 rings (SSSR count). The SMILES string of the molecule is COc1cccc(NC(=O)N2CCc3ccc(NC(=O)c4ccncc4)cc3C2)c1. The highest BCUT2D eigenvalue weighted by Crippen LogP contribution is 2.24. The van der Waals surface area contributed by atoms with Crippen molar-refractivity contribution in [1.29, 1.82) is 0 Å². The minimum Gasteiger partial charge on any atom is -0.497 e. The van der Waals surface area contributed by atoms with Crippen LogP contribution in [-0.2, 0) is 13.0 Å². The number of hydrogen-bond acceptors (Lipinski definition) is 4. The summed E-state index contributed by atoms with van der Waals surface area (Å²) in [6, 6.07) is 16.3. The van der Waals surface area contributed by atoms with Gasteiger partial charge >= 0.3 is 6.03 Å². The van der Waals surface area contributed by atoms with Gasteiger partial charge in [-0.1, -0.05) is 12.1 Å². The van der Waals surface area contributed by atoms with Gasteiger partial charge in [-0.2, -0.15) is 0 Å². The quantitative estimate of drug-likeness (QED) is 0.693. The topological polar surface area (TPSA) is 83.6 Å². The number of carbonyl (C=O) groups excluding carboxylic acids is 2. The van der Waals surface area contributed by atoms with Crippen LogP contribution in [-0.4, -0.2) is 35.5 Å². The number of pyridine rings is 1. The summed E-state index contributed by atoms with van der Waals surface area (Å²) in [6.45, 7) is 1.11. The van der Waals surface area contributed by atoms with E-state index in [-0.39, 0.29) is 11.9 Å². The molecule has 30 heavy (non-hydrogen) atoms. The van der Waals surface area contributed by atoms with Gasteiger partial charge in [-0.3, -0.25) is 9.78 Å². The summed E-state index contributed by atoms with van der Waals surface area (Å²) in [7, 11) is 1.59. The average molecular weight is 402 g/mol. The minimum absolute atomic E-state index is 0.167. The molecule has 152 valence electrons. The van der Waals surface area contributed by atoms with Gasteiger partial charge < -0.3 is 20.3 Å². The van der Waals surface area contributed by atoms with E-state index in [1.165, 1.54) is 5.56 Å². The van der Waals surface area contributed by atoms with E-state index >= 15 is 0 Å². The standard InChI is InChI=1S/C23H22N4O3/c1-30-21-4-2-3-19(14-21)26-23(29)27-12-9-16-5-6-20(13-18(16)15-27)25-22(28)17-7-10-24-11-8-17/h2-8,10-11,13-14H,9,12,15H2,1H3,(H,25,28)(H,26,29). The molecule has 3 amide bonds. The number of methoxy groups -OCH3 is 1. The number of benzene rings is 2. The molecule has 0 aliphatic carbocycles. The maximum Gasteiger partial charge on any atom is 0.322 e. The van der Waals surface area contributed by atoms with Gasteiger partial charge in [0.05, 0.1) is 7.11 Å². The van der Waals surface area contributed by atoms with E-state index in [9.17, 15) is 9.59 Å². The van der Waals surface area contributed by atoms with Crippen LogP contribution in [0, 0.1) is 0 Å². The van der Waals surface area contributed by atoms with Gasteiger partial charge in [-0.05, 0) is 53.9 Å². The zero-order valence-corrected chi connectivity index (χ0v) is 16.6. The zero-order valence-electron chi connectivity index (χ0n) is 16.6. The second-order valence-electron chi connectivity index (χ2n) is 7.01. The first-order valence-corrected chi connectivity index (χ1v) is 9.65. The van der Waals surface area contributed by atoms with Gasteiger partial charge in [0.15, 0.2) is 0 Å². The van der Waals surface area contributed by atoms with E-state index in [0.717, 1.165) is 12.0 Å². The van der Waals surface area contributed by atoms with E-state index in [2.05, 4.69) is 15.6 Å². The van der Waals surface area contributed by atoms with Crippen LogP contribution in [0.3, 0.4) is 0 Å². The molecule has 2 N–H and O–H groups in total. The van der Waals surface area contributed by atoms with Crippen LogP contribution in [0.1, 0.15) is 21.5 Å². The summed E-state index contributed by atoms with van der Waals surface area (Å²) >= 11 is 0. The van der Waals surface area contributed by atoms with Gasteiger partial charge in [0, 0.05) is 48.5 Å². The van der Waals surface area contributed by atoms with Crippen molar-refractivity contribution in [2.75, 3.05) is 24.3 Å². The van der Waals surface area contributed by atoms with Gasteiger partial charge in [0.25, 0.3) is 5.91 Å². The smallest absolute Gasteiger partial charge is 0.322 e.